The van der Waals surface area contributed by atoms with Gasteiger partial charge in [0.2, 0.25) is 0 Å². The third-order valence-corrected chi connectivity index (χ3v) is 1.79. The van der Waals surface area contributed by atoms with Crippen molar-refractivity contribution >= 4 is 23.5 Å². The van der Waals surface area contributed by atoms with Crippen LogP contribution >= 0.6 is 11.6 Å². The molecule has 1 fully saturated rings. The molecule has 1 atom stereocenters. The number of carbonyl (C=O) groups is 2. The van der Waals surface area contributed by atoms with Crippen molar-refractivity contribution in [3.05, 3.63) is 0 Å². The van der Waals surface area contributed by atoms with Gasteiger partial charge in [-0.15, -0.1) is 12.3 Å². The van der Waals surface area contributed by atoms with Gasteiger partial charge in [0.15, 0.2) is 0 Å². The number of nitrogens with one attached hydrogen (secondary N) is 1. The van der Waals surface area contributed by atoms with Crippen LogP contribution in [0.2, 0.25) is 0 Å². The number of hydrogen-bond acceptors (Lipinski definition) is 2. The molecule has 1 saturated heterocycles. The van der Waals surface area contributed by atoms with Gasteiger partial charge in [0.1, 0.15) is 5.50 Å². The van der Waals surface area contributed by atoms with Gasteiger partial charge in [0.05, 0.1) is 6.54 Å². The van der Waals surface area contributed by atoms with Crippen molar-refractivity contribution in [1.29, 1.82) is 0 Å². The number of amides is 3. The van der Waals surface area contributed by atoms with E-state index in [9.17, 15) is 9.59 Å². The number of carbonyl (C=O) groups excluding carboxylic acids is 2. The Labute approximate surface area is 74.9 Å². The summed E-state index contributed by atoms with van der Waals surface area (Å²) in [5.74, 6) is 1.94. The van der Waals surface area contributed by atoms with Crippen LogP contribution < -0.4 is 5.32 Å². The van der Waals surface area contributed by atoms with Crippen LogP contribution in [0.4, 0.5) is 4.79 Å². The van der Waals surface area contributed by atoms with E-state index in [0.29, 0.717) is 0 Å². The Hall–Kier alpha value is -1.21. The van der Waals surface area contributed by atoms with E-state index >= 15 is 0 Å². The molecule has 1 aliphatic rings. The minimum atomic E-state index is -0.731. The van der Waals surface area contributed by atoms with E-state index in [1.807, 2.05) is 0 Å². The first kappa shape index (κ1) is 8.88. The number of urea groups is 1. The topological polar surface area (TPSA) is 49.4 Å². The summed E-state index contributed by atoms with van der Waals surface area (Å²) < 4.78 is 0. The summed E-state index contributed by atoms with van der Waals surface area (Å²) in [6.07, 6.45) is 5.15. The molecule has 0 bridgehead atoms. The zero-order chi connectivity index (χ0) is 9.14. The smallest absolute Gasteiger partial charge is 0.325 e. The SMILES string of the molecule is C#CCC(Cl)N1C(=O)CNC1=O. The van der Waals surface area contributed by atoms with E-state index in [0.717, 1.165) is 4.90 Å². The number of alkyl halides is 1. The van der Waals surface area contributed by atoms with Crippen molar-refractivity contribution in [2.75, 3.05) is 6.54 Å². The molecule has 3 amide bonds. The van der Waals surface area contributed by atoms with E-state index in [4.69, 9.17) is 18.0 Å². The van der Waals surface area contributed by atoms with E-state index in [1.165, 1.54) is 0 Å². The predicted octanol–water partition coefficient (Wildman–Crippen LogP) is 0.126. The second kappa shape index (κ2) is 3.46. The summed E-state index contributed by atoms with van der Waals surface area (Å²) in [6.45, 7) is 0.00657. The van der Waals surface area contributed by atoms with E-state index in [2.05, 4.69) is 11.2 Å². The number of imide groups is 1. The molecule has 0 aliphatic carbocycles. The Balaban J connectivity index is 2.67. The molecule has 1 heterocycles. The molecule has 1 rings (SSSR count). The van der Waals surface area contributed by atoms with E-state index < -0.39 is 11.5 Å². The van der Waals surface area contributed by atoms with Gasteiger partial charge in [-0.2, -0.15) is 0 Å². The van der Waals surface area contributed by atoms with E-state index in [1.54, 1.807) is 0 Å². The molecular weight excluding hydrogens is 180 g/mol. The molecule has 4 nitrogen and oxygen atoms in total. The summed E-state index contributed by atoms with van der Waals surface area (Å²) in [5, 5.41) is 2.34. The maximum atomic E-state index is 11.0. The highest BCUT2D eigenvalue weighted by atomic mass is 35.5. The van der Waals surface area contributed by atoms with Crippen LogP contribution in [0.3, 0.4) is 0 Å². The molecule has 0 aromatic heterocycles. The number of terminal acetylenes is 1. The highest BCUT2D eigenvalue weighted by Gasteiger charge is 2.33. The van der Waals surface area contributed by atoms with Crippen LogP contribution in [0.5, 0.6) is 0 Å². The number of halogens is 1. The maximum absolute atomic E-state index is 11.0. The van der Waals surface area contributed by atoms with Gasteiger partial charge in [-0.25, -0.2) is 9.69 Å². The molecule has 0 spiro atoms. The summed E-state index contributed by atoms with van der Waals surface area (Å²) >= 11 is 5.68. The normalized spacial score (nSPS) is 18.8. The van der Waals surface area contributed by atoms with Crippen molar-refractivity contribution in [2.45, 2.75) is 11.9 Å². The average Bonchev–Trinajstić information content (AvgIpc) is 2.32. The summed E-state index contributed by atoms with van der Waals surface area (Å²) in [6, 6.07) is -0.477. The highest BCUT2D eigenvalue weighted by molar-refractivity contribution is 6.23. The lowest BCUT2D eigenvalue weighted by atomic mass is 10.4. The van der Waals surface area contributed by atoms with Crippen LogP contribution in [0, 0.1) is 12.3 Å². The van der Waals surface area contributed by atoms with Crippen molar-refractivity contribution in [3.8, 4) is 12.3 Å². The first-order chi connectivity index (χ1) is 5.66. The summed E-state index contributed by atoms with van der Waals surface area (Å²) in [4.78, 5) is 22.9. The highest BCUT2D eigenvalue weighted by Crippen LogP contribution is 2.12. The van der Waals surface area contributed by atoms with Gasteiger partial charge in [0.25, 0.3) is 5.91 Å². The lowest BCUT2D eigenvalue weighted by Gasteiger charge is -2.16. The van der Waals surface area contributed by atoms with Gasteiger partial charge < -0.3 is 5.32 Å². The Kier molecular flexibility index (Phi) is 2.56. The van der Waals surface area contributed by atoms with Gasteiger partial charge >= 0.3 is 6.03 Å². The largest absolute Gasteiger partial charge is 0.328 e. The fourth-order valence-electron chi connectivity index (χ4n) is 0.907. The van der Waals surface area contributed by atoms with Crippen molar-refractivity contribution in [3.63, 3.8) is 0 Å². The monoisotopic (exact) mass is 186 g/mol. The van der Waals surface area contributed by atoms with Gasteiger partial charge in [-0.05, 0) is 0 Å². The van der Waals surface area contributed by atoms with Crippen LogP contribution in [-0.4, -0.2) is 28.9 Å². The van der Waals surface area contributed by atoms with Crippen molar-refractivity contribution in [2.24, 2.45) is 0 Å². The molecular formula is C7H7ClN2O2. The van der Waals surface area contributed by atoms with Gasteiger partial charge in [-0.3, -0.25) is 4.79 Å². The Morgan fingerprint density at radius 2 is 2.42 bits per heavy atom. The van der Waals surface area contributed by atoms with E-state index in [-0.39, 0.29) is 18.9 Å². The standard InChI is InChI=1S/C7H7ClN2O2/c1-2-3-5(8)10-6(11)4-9-7(10)12/h1,5H,3-4H2,(H,9,12). The third-order valence-electron chi connectivity index (χ3n) is 1.44. The lowest BCUT2D eigenvalue weighted by Crippen LogP contribution is -2.37. The van der Waals surface area contributed by atoms with Gasteiger partial charge in [0, 0.05) is 6.42 Å². The fraction of sp³-hybridized carbons (Fsp3) is 0.429. The first-order valence-corrected chi connectivity index (χ1v) is 3.78. The molecule has 0 saturated carbocycles. The Morgan fingerprint density at radius 1 is 1.75 bits per heavy atom. The lowest BCUT2D eigenvalue weighted by molar-refractivity contribution is -0.125. The number of rotatable bonds is 2. The van der Waals surface area contributed by atoms with Crippen LogP contribution in [-0.2, 0) is 4.79 Å². The van der Waals surface area contributed by atoms with Crippen molar-refractivity contribution in [1.82, 2.24) is 10.2 Å². The van der Waals surface area contributed by atoms with Crippen LogP contribution in [0.25, 0.3) is 0 Å². The Morgan fingerprint density at radius 3 is 2.83 bits per heavy atom. The zero-order valence-electron chi connectivity index (χ0n) is 6.21. The second-order valence-corrected chi connectivity index (χ2v) is 2.77. The van der Waals surface area contributed by atoms with Crippen LogP contribution in [0.1, 0.15) is 6.42 Å². The molecule has 0 aromatic carbocycles. The van der Waals surface area contributed by atoms with Crippen LogP contribution in [0.15, 0.2) is 0 Å². The summed E-state index contributed by atoms with van der Waals surface area (Å²) in [5.41, 5.74) is -0.731. The minimum Gasteiger partial charge on any atom is -0.328 e. The molecule has 0 aromatic rings. The number of hydrogen-bond donors (Lipinski definition) is 1. The molecule has 1 aliphatic heterocycles. The molecule has 1 unspecified atom stereocenters. The molecule has 12 heavy (non-hydrogen) atoms. The minimum absolute atomic E-state index is 0.00657. The average molecular weight is 187 g/mol. The first-order valence-electron chi connectivity index (χ1n) is 3.34. The number of nitrogens with zero attached hydrogens (tertiary/aromatic N) is 1. The molecule has 0 radical (unpaired) electrons. The molecule has 64 valence electrons. The van der Waals surface area contributed by atoms with Crippen molar-refractivity contribution < 1.29 is 9.59 Å². The fourth-order valence-corrected chi connectivity index (χ4v) is 1.19. The summed E-state index contributed by atoms with van der Waals surface area (Å²) in [7, 11) is 0. The predicted molar refractivity (Wildman–Crippen MR) is 43.3 cm³/mol. The maximum Gasteiger partial charge on any atom is 0.325 e. The zero-order valence-corrected chi connectivity index (χ0v) is 6.97. The molecule has 1 N–H and O–H groups in total. The van der Waals surface area contributed by atoms with Gasteiger partial charge in [-0.1, -0.05) is 11.6 Å². The third kappa shape index (κ3) is 1.51. The second-order valence-electron chi connectivity index (χ2n) is 2.27. The Bertz CT molecular complexity index is 243. The molecule has 5 heteroatoms. The quantitative estimate of drug-likeness (QED) is 0.288.